The van der Waals surface area contributed by atoms with Crippen LogP contribution in [0.3, 0.4) is 0 Å². The number of carboxylic acids is 1. The first-order valence-corrected chi connectivity index (χ1v) is 15.3. The predicted octanol–water partition coefficient (Wildman–Crippen LogP) is 7.65. The van der Waals surface area contributed by atoms with Crippen LogP contribution in [-0.2, 0) is 27.3 Å². The Kier molecular flexibility index (Phi) is 14.6. The van der Waals surface area contributed by atoms with Gasteiger partial charge in [0.05, 0.1) is 26.4 Å². The molecule has 0 spiro atoms. The lowest BCUT2D eigenvalue weighted by Crippen LogP contribution is -2.12. The lowest BCUT2D eigenvalue weighted by atomic mass is 10.0. The van der Waals surface area contributed by atoms with Crippen LogP contribution in [0.1, 0.15) is 89.3 Å². The fourth-order valence-electron chi connectivity index (χ4n) is 4.57. The highest BCUT2D eigenvalue weighted by molar-refractivity contribution is 5.95. The molecular formula is C36H42O9. The summed E-state index contributed by atoms with van der Waals surface area (Å²) < 4.78 is 15.4. The van der Waals surface area contributed by atoms with Gasteiger partial charge >= 0.3 is 17.9 Å². The first-order chi connectivity index (χ1) is 21.8. The number of hydrogen-bond acceptors (Lipinski definition) is 8. The fraction of sp³-hybridized carbons (Fsp3) is 0.361. The van der Waals surface area contributed by atoms with Crippen LogP contribution in [0.25, 0.3) is 6.08 Å². The van der Waals surface area contributed by atoms with Gasteiger partial charge in [-0.25, -0.2) is 14.4 Å². The van der Waals surface area contributed by atoms with Crippen molar-refractivity contribution in [1.82, 2.24) is 0 Å². The van der Waals surface area contributed by atoms with Gasteiger partial charge in [-0.1, -0.05) is 56.9 Å². The number of unbranched alkanes of at least 4 members (excludes halogenated alkanes) is 5. The summed E-state index contributed by atoms with van der Waals surface area (Å²) >= 11 is 0. The van der Waals surface area contributed by atoms with Crippen molar-refractivity contribution in [3.8, 4) is 17.2 Å². The number of aryl methyl sites for hydroxylation is 2. The van der Waals surface area contributed by atoms with Crippen LogP contribution >= 0.6 is 0 Å². The molecule has 0 aliphatic rings. The van der Waals surface area contributed by atoms with Gasteiger partial charge in [0.1, 0.15) is 11.3 Å². The van der Waals surface area contributed by atoms with Gasteiger partial charge in [-0.05, 0) is 91.3 Å². The van der Waals surface area contributed by atoms with E-state index in [2.05, 4.69) is 11.7 Å². The Morgan fingerprint density at radius 1 is 0.756 bits per heavy atom. The van der Waals surface area contributed by atoms with E-state index in [1.54, 1.807) is 54.6 Å². The third-order valence-corrected chi connectivity index (χ3v) is 7.13. The molecule has 45 heavy (non-hydrogen) atoms. The van der Waals surface area contributed by atoms with Crippen molar-refractivity contribution in [2.24, 2.45) is 0 Å². The molecule has 0 bridgehead atoms. The number of benzene rings is 3. The molecule has 0 fully saturated rings. The molecule has 0 aliphatic carbocycles. The van der Waals surface area contributed by atoms with Crippen molar-refractivity contribution in [1.29, 1.82) is 0 Å². The van der Waals surface area contributed by atoms with E-state index in [4.69, 9.17) is 19.2 Å². The summed E-state index contributed by atoms with van der Waals surface area (Å²) in [7, 11) is 2.83. The van der Waals surface area contributed by atoms with Gasteiger partial charge in [0.25, 0.3) is 0 Å². The van der Waals surface area contributed by atoms with Crippen molar-refractivity contribution in [2.75, 3.05) is 20.8 Å². The molecule has 3 rings (SSSR count). The van der Waals surface area contributed by atoms with Crippen LogP contribution in [0.4, 0.5) is 0 Å². The second-order valence-electron chi connectivity index (χ2n) is 10.5. The molecule has 9 nitrogen and oxygen atoms in total. The Morgan fingerprint density at radius 3 is 2.16 bits per heavy atom. The van der Waals surface area contributed by atoms with Gasteiger partial charge in [0, 0.05) is 6.08 Å². The minimum Gasteiger partial charge on any atom is -0.493 e. The molecule has 1 N–H and O–H groups in total. The first kappa shape index (κ1) is 34.9. The molecule has 0 unspecified atom stereocenters. The zero-order valence-electron chi connectivity index (χ0n) is 26.2. The van der Waals surface area contributed by atoms with E-state index in [-0.39, 0.29) is 11.3 Å². The average Bonchev–Trinajstić information content (AvgIpc) is 3.05. The third-order valence-electron chi connectivity index (χ3n) is 7.13. The number of aromatic carboxylic acids is 1. The van der Waals surface area contributed by atoms with Crippen LogP contribution in [-0.4, -0.2) is 43.8 Å². The molecule has 9 heteroatoms. The Labute approximate surface area is 264 Å². The molecule has 3 aromatic rings. The summed E-state index contributed by atoms with van der Waals surface area (Å²) in [5, 5.41) is 9.74. The molecule has 240 valence electrons. The third kappa shape index (κ3) is 11.8. The molecule has 0 saturated heterocycles. The fourth-order valence-corrected chi connectivity index (χ4v) is 4.57. The summed E-state index contributed by atoms with van der Waals surface area (Å²) in [5.41, 5.74) is 3.11. The molecule has 0 aromatic heterocycles. The number of carboxylic acid groups (broad SMARTS) is 1. The second-order valence-corrected chi connectivity index (χ2v) is 10.5. The zero-order valence-corrected chi connectivity index (χ0v) is 26.2. The SMILES string of the molecule is CCCCCc1ccc(C(=O)Oc2ccc(CCCCCCOOc3ccc(/C=C/C(=O)OC)cc3OC)cc2C(=O)O)cc1. The van der Waals surface area contributed by atoms with Gasteiger partial charge in [0.2, 0.25) is 5.75 Å². The van der Waals surface area contributed by atoms with E-state index in [0.717, 1.165) is 68.1 Å². The summed E-state index contributed by atoms with van der Waals surface area (Å²) in [6.07, 6.45) is 11.5. The predicted molar refractivity (Wildman–Crippen MR) is 171 cm³/mol. The number of rotatable bonds is 19. The normalized spacial score (nSPS) is 10.9. The maximum atomic E-state index is 12.7. The maximum absolute atomic E-state index is 12.7. The smallest absolute Gasteiger partial charge is 0.343 e. The maximum Gasteiger partial charge on any atom is 0.343 e. The molecule has 0 atom stereocenters. The largest absolute Gasteiger partial charge is 0.493 e. The highest BCUT2D eigenvalue weighted by atomic mass is 17.2. The van der Waals surface area contributed by atoms with E-state index in [0.29, 0.717) is 30.1 Å². The molecule has 0 heterocycles. The van der Waals surface area contributed by atoms with Crippen molar-refractivity contribution in [3.05, 3.63) is 94.6 Å². The monoisotopic (exact) mass is 618 g/mol. The summed E-state index contributed by atoms with van der Waals surface area (Å²) in [5.74, 6) is -1.26. The summed E-state index contributed by atoms with van der Waals surface area (Å²) in [6, 6.07) is 17.4. The van der Waals surface area contributed by atoms with Crippen LogP contribution < -0.4 is 14.4 Å². The van der Waals surface area contributed by atoms with Crippen LogP contribution in [0.2, 0.25) is 0 Å². The number of carbonyl (C=O) groups excluding carboxylic acids is 2. The van der Waals surface area contributed by atoms with E-state index >= 15 is 0 Å². The molecule has 0 saturated carbocycles. The van der Waals surface area contributed by atoms with Crippen molar-refractivity contribution < 1.29 is 43.5 Å². The van der Waals surface area contributed by atoms with Crippen LogP contribution in [0.5, 0.6) is 17.2 Å². The molecule has 0 aliphatic heterocycles. The van der Waals surface area contributed by atoms with Crippen molar-refractivity contribution in [3.63, 3.8) is 0 Å². The van der Waals surface area contributed by atoms with Gasteiger partial charge in [-0.15, -0.1) is 0 Å². The number of methoxy groups -OCH3 is 2. The second kappa shape index (κ2) is 18.9. The highest BCUT2D eigenvalue weighted by Gasteiger charge is 2.17. The Morgan fingerprint density at radius 2 is 1.44 bits per heavy atom. The molecule has 0 radical (unpaired) electrons. The standard InChI is InChI=1S/C36H42O9/c1-4-5-8-11-26-13-18-29(19-14-26)36(40)44-31-20-15-27(24-30(31)35(38)39)12-9-6-7-10-23-43-45-32-21-16-28(25-33(32)41-2)17-22-34(37)42-3/h13-22,24-25H,4-12,23H2,1-3H3,(H,38,39)/b22-17+. The van der Waals surface area contributed by atoms with Crippen molar-refractivity contribution >= 4 is 24.0 Å². The Bertz CT molecular complexity index is 1430. The highest BCUT2D eigenvalue weighted by Crippen LogP contribution is 2.29. The topological polar surface area (TPSA) is 118 Å². The van der Waals surface area contributed by atoms with Crippen LogP contribution in [0.15, 0.2) is 66.7 Å². The number of hydrogen-bond donors (Lipinski definition) is 1. The Hall–Kier alpha value is -4.63. The van der Waals surface area contributed by atoms with Gasteiger partial charge in [-0.3, -0.25) is 0 Å². The van der Waals surface area contributed by atoms with Crippen molar-refractivity contribution in [2.45, 2.75) is 64.7 Å². The minimum absolute atomic E-state index is 0.0318. The molecule has 3 aromatic carbocycles. The zero-order chi connectivity index (χ0) is 32.4. The molecule has 0 amide bonds. The van der Waals surface area contributed by atoms with E-state index in [9.17, 15) is 19.5 Å². The lowest BCUT2D eigenvalue weighted by Gasteiger charge is -2.11. The average molecular weight is 619 g/mol. The summed E-state index contributed by atoms with van der Waals surface area (Å²) in [6.45, 7) is 2.55. The van der Waals surface area contributed by atoms with Gasteiger partial charge in [-0.2, -0.15) is 4.89 Å². The van der Waals surface area contributed by atoms with E-state index in [1.807, 2.05) is 12.1 Å². The number of esters is 2. The molecular weight excluding hydrogens is 576 g/mol. The first-order valence-electron chi connectivity index (χ1n) is 15.3. The van der Waals surface area contributed by atoms with Gasteiger partial charge < -0.3 is 24.2 Å². The van der Waals surface area contributed by atoms with Crippen LogP contribution in [0, 0.1) is 0 Å². The quantitative estimate of drug-likeness (QED) is 0.0361. The van der Waals surface area contributed by atoms with E-state index in [1.165, 1.54) is 20.3 Å². The minimum atomic E-state index is -1.15. The Balaban J connectivity index is 1.40. The summed E-state index contributed by atoms with van der Waals surface area (Å²) in [4.78, 5) is 46.6. The van der Waals surface area contributed by atoms with E-state index < -0.39 is 17.9 Å². The van der Waals surface area contributed by atoms with Gasteiger partial charge in [0.15, 0.2) is 5.75 Å². The number of carbonyl (C=O) groups is 3. The number of ether oxygens (including phenoxy) is 3. The lowest BCUT2D eigenvalue weighted by molar-refractivity contribution is -0.208.